The van der Waals surface area contributed by atoms with Gasteiger partial charge in [-0.1, -0.05) is 38.1 Å². The highest BCUT2D eigenvalue weighted by molar-refractivity contribution is 7.89. The molecule has 3 rings (SSSR count). The van der Waals surface area contributed by atoms with Crippen molar-refractivity contribution in [3.05, 3.63) is 60.2 Å². The SMILES string of the molecule is CCN(CC)S(=O)(=O)c1ccc(/C=C/C(=O)OCC(=O)NC(=O)[C@@H]2COc3ccccc3O2)cc1. The van der Waals surface area contributed by atoms with Crippen LogP contribution < -0.4 is 14.8 Å². The lowest BCUT2D eigenvalue weighted by Crippen LogP contribution is -2.47. The number of esters is 1. The van der Waals surface area contributed by atoms with Gasteiger partial charge >= 0.3 is 5.97 Å². The maximum atomic E-state index is 12.5. The Bertz CT molecular complexity index is 1200. The number of carbonyl (C=O) groups is 3. The number of rotatable bonds is 9. The monoisotopic (exact) mass is 502 g/mol. The Balaban J connectivity index is 1.46. The molecule has 2 aromatic carbocycles. The van der Waals surface area contributed by atoms with E-state index in [1.54, 1.807) is 50.2 Å². The van der Waals surface area contributed by atoms with Gasteiger partial charge in [-0.2, -0.15) is 4.31 Å². The molecule has 1 N–H and O–H groups in total. The van der Waals surface area contributed by atoms with E-state index in [9.17, 15) is 22.8 Å². The number of nitrogens with zero attached hydrogens (tertiary/aromatic N) is 1. The molecule has 0 unspecified atom stereocenters. The number of carbonyl (C=O) groups excluding carboxylic acids is 3. The molecule has 2 aromatic rings. The molecule has 0 saturated carbocycles. The van der Waals surface area contributed by atoms with Crippen molar-refractivity contribution in [2.75, 3.05) is 26.3 Å². The summed E-state index contributed by atoms with van der Waals surface area (Å²) in [5, 5.41) is 2.10. The zero-order chi connectivity index (χ0) is 25.4. The quantitative estimate of drug-likeness (QED) is 0.406. The van der Waals surface area contributed by atoms with Gasteiger partial charge in [0.25, 0.3) is 11.8 Å². The van der Waals surface area contributed by atoms with Crippen LogP contribution in [0, 0.1) is 0 Å². The molecule has 0 aliphatic carbocycles. The van der Waals surface area contributed by atoms with Crippen molar-refractivity contribution >= 4 is 33.9 Å². The summed E-state index contributed by atoms with van der Waals surface area (Å²) in [6, 6.07) is 12.8. The number of nitrogens with one attached hydrogen (secondary N) is 1. The third-order valence-corrected chi connectivity index (χ3v) is 7.11. The fraction of sp³-hybridized carbons (Fsp3) is 0.292. The highest BCUT2D eigenvalue weighted by atomic mass is 32.2. The lowest BCUT2D eigenvalue weighted by molar-refractivity contribution is -0.146. The first-order chi connectivity index (χ1) is 16.7. The van der Waals surface area contributed by atoms with Gasteiger partial charge in [0.05, 0.1) is 4.90 Å². The van der Waals surface area contributed by atoms with Crippen molar-refractivity contribution in [3.63, 3.8) is 0 Å². The Hall–Kier alpha value is -3.70. The van der Waals surface area contributed by atoms with Crippen LogP contribution in [0.4, 0.5) is 0 Å². The Kier molecular flexibility index (Phi) is 8.61. The molecule has 1 atom stereocenters. The van der Waals surface area contributed by atoms with E-state index in [-0.39, 0.29) is 11.5 Å². The molecule has 1 heterocycles. The summed E-state index contributed by atoms with van der Waals surface area (Å²) < 4.78 is 42.2. The number of para-hydroxylation sites is 2. The Morgan fingerprint density at radius 3 is 2.37 bits per heavy atom. The molecule has 0 fully saturated rings. The zero-order valence-electron chi connectivity index (χ0n) is 19.3. The summed E-state index contributed by atoms with van der Waals surface area (Å²) in [6.07, 6.45) is 1.50. The minimum absolute atomic E-state index is 0.0618. The maximum Gasteiger partial charge on any atom is 0.331 e. The highest BCUT2D eigenvalue weighted by Crippen LogP contribution is 2.30. The lowest BCUT2D eigenvalue weighted by Gasteiger charge is -2.25. The van der Waals surface area contributed by atoms with Crippen molar-refractivity contribution < 1.29 is 37.0 Å². The fourth-order valence-electron chi connectivity index (χ4n) is 3.22. The van der Waals surface area contributed by atoms with E-state index in [0.717, 1.165) is 6.08 Å². The Labute approximate surface area is 203 Å². The smallest absolute Gasteiger partial charge is 0.331 e. The van der Waals surface area contributed by atoms with Crippen LogP contribution in [-0.2, 0) is 29.1 Å². The van der Waals surface area contributed by atoms with Gasteiger partial charge < -0.3 is 14.2 Å². The second-order valence-corrected chi connectivity index (χ2v) is 9.31. The Morgan fingerprint density at radius 2 is 1.71 bits per heavy atom. The van der Waals surface area contributed by atoms with Crippen molar-refractivity contribution in [2.24, 2.45) is 0 Å². The lowest BCUT2D eigenvalue weighted by atomic mass is 10.2. The summed E-state index contributed by atoms with van der Waals surface area (Å²) in [7, 11) is -3.57. The van der Waals surface area contributed by atoms with E-state index >= 15 is 0 Å². The molecule has 2 amide bonds. The van der Waals surface area contributed by atoms with E-state index in [2.05, 4.69) is 5.32 Å². The number of sulfonamides is 1. The second-order valence-electron chi connectivity index (χ2n) is 7.38. The van der Waals surface area contributed by atoms with Gasteiger partial charge in [-0.3, -0.25) is 14.9 Å². The molecule has 0 bridgehead atoms. The van der Waals surface area contributed by atoms with Gasteiger partial charge in [-0.25, -0.2) is 13.2 Å². The molecule has 35 heavy (non-hydrogen) atoms. The molecule has 186 valence electrons. The highest BCUT2D eigenvalue weighted by Gasteiger charge is 2.28. The van der Waals surface area contributed by atoms with E-state index in [1.165, 1.54) is 22.5 Å². The van der Waals surface area contributed by atoms with Crippen LogP contribution in [0.1, 0.15) is 19.4 Å². The predicted molar refractivity (Wildman–Crippen MR) is 126 cm³/mol. The third-order valence-electron chi connectivity index (χ3n) is 5.04. The van der Waals surface area contributed by atoms with Crippen LogP contribution in [0.3, 0.4) is 0 Å². The molecule has 11 heteroatoms. The van der Waals surface area contributed by atoms with E-state index in [4.69, 9.17) is 14.2 Å². The number of amides is 2. The van der Waals surface area contributed by atoms with Gasteiger partial charge in [0, 0.05) is 19.2 Å². The van der Waals surface area contributed by atoms with Gasteiger partial charge in [0.15, 0.2) is 18.1 Å². The zero-order valence-corrected chi connectivity index (χ0v) is 20.1. The van der Waals surface area contributed by atoms with Crippen LogP contribution in [0.5, 0.6) is 11.5 Å². The molecule has 0 saturated heterocycles. The summed E-state index contributed by atoms with van der Waals surface area (Å²) in [4.78, 5) is 36.2. The second kappa shape index (κ2) is 11.6. The van der Waals surface area contributed by atoms with E-state index in [0.29, 0.717) is 30.2 Å². The number of imide groups is 1. The minimum Gasteiger partial charge on any atom is -0.485 e. The van der Waals surface area contributed by atoms with Gasteiger partial charge in [-0.15, -0.1) is 0 Å². The molecule has 0 radical (unpaired) electrons. The third kappa shape index (κ3) is 6.67. The van der Waals surface area contributed by atoms with Crippen LogP contribution in [0.2, 0.25) is 0 Å². The first-order valence-corrected chi connectivity index (χ1v) is 12.4. The average molecular weight is 503 g/mol. The van der Waals surface area contributed by atoms with Crippen LogP contribution >= 0.6 is 0 Å². The summed E-state index contributed by atoms with van der Waals surface area (Å²) in [5.41, 5.74) is 0.565. The van der Waals surface area contributed by atoms with Crippen LogP contribution in [-0.4, -0.2) is 62.9 Å². The number of benzene rings is 2. The number of hydrogen-bond acceptors (Lipinski definition) is 8. The van der Waals surface area contributed by atoms with Crippen LogP contribution in [0.25, 0.3) is 6.08 Å². The molecular weight excluding hydrogens is 476 g/mol. The van der Waals surface area contributed by atoms with Crippen molar-refractivity contribution in [1.82, 2.24) is 9.62 Å². The van der Waals surface area contributed by atoms with Gasteiger partial charge in [0.2, 0.25) is 16.1 Å². The normalized spacial score (nSPS) is 15.1. The summed E-state index contributed by atoms with van der Waals surface area (Å²) in [5.74, 6) is -1.44. The summed E-state index contributed by atoms with van der Waals surface area (Å²) >= 11 is 0. The Morgan fingerprint density at radius 1 is 1.06 bits per heavy atom. The van der Waals surface area contributed by atoms with Crippen molar-refractivity contribution in [3.8, 4) is 11.5 Å². The number of ether oxygens (including phenoxy) is 3. The number of hydrogen-bond donors (Lipinski definition) is 1. The first kappa shape index (κ1) is 25.9. The van der Waals surface area contributed by atoms with E-state index < -0.39 is 40.5 Å². The van der Waals surface area contributed by atoms with E-state index in [1.807, 2.05) is 0 Å². The summed E-state index contributed by atoms with van der Waals surface area (Å²) in [6.45, 7) is 3.52. The van der Waals surface area contributed by atoms with Gasteiger partial charge in [-0.05, 0) is 35.9 Å². The fourth-order valence-corrected chi connectivity index (χ4v) is 4.67. The molecular formula is C24H26N2O8S. The van der Waals surface area contributed by atoms with Crippen molar-refractivity contribution in [2.45, 2.75) is 24.8 Å². The topological polar surface area (TPSA) is 128 Å². The van der Waals surface area contributed by atoms with Crippen molar-refractivity contribution in [1.29, 1.82) is 0 Å². The molecule has 1 aliphatic heterocycles. The number of fused-ring (bicyclic) bond motifs is 1. The standard InChI is InChI=1S/C24H26N2O8S/c1-3-26(4-2)35(30,31)18-12-9-17(10-13-18)11-14-23(28)33-16-22(27)25-24(29)21-15-32-19-7-5-6-8-20(19)34-21/h5-14,21H,3-4,15-16H2,1-2H3,(H,25,27,29)/b14-11+/t21-/m0/s1. The first-order valence-electron chi connectivity index (χ1n) is 10.9. The predicted octanol–water partition coefficient (Wildman–Crippen LogP) is 1.76. The van der Waals surface area contributed by atoms with Gasteiger partial charge in [0.1, 0.15) is 6.61 Å². The average Bonchev–Trinajstić information content (AvgIpc) is 2.86. The largest absolute Gasteiger partial charge is 0.485 e. The molecule has 0 spiro atoms. The maximum absolute atomic E-state index is 12.5. The van der Waals surface area contributed by atoms with Crippen LogP contribution in [0.15, 0.2) is 59.5 Å². The molecule has 1 aliphatic rings. The molecule has 10 nitrogen and oxygen atoms in total. The minimum atomic E-state index is -3.57. The molecule has 0 aromatic heterocycles.